The summed E-state index contributed by atoms with van der Waals surface area (Å²) in [4.78, 5) is 0. The van der Waals surface area contributed by atoms with E-state index in [1.54, 1.807) is 32.3 Å². The van der Waals surface area contributed by atoms with Gasteiger partial charge in [0.2, 0.25) is 0 Å². The van der Waals surface area contributed by atoms with E-state index in [4.69, 9.17) is 11.6 Å². The molecule has 0 amide bonds. The Hall–Kier alpha value is 0.160. The van der Waals surface area contributed by atoms with Crippen molar-refractivity contribution < 1.29 is 0 Å². The first-order chi connectivity index (χ1) is 5.41. The molecule has 0 N–H and O–H groups in total. The molecule has 0 aliphatic rings. The number of hydrogen-bond donors (Lipinski definition) is 0. The number of hydroxylamine groups is 2. The van der Waals surface area contributed by atoms with E-state index in [-0.39, 0.29) is 0 Å². The molecule has 0 atom stereocenters. The summed E-state index contributed by atoms with van der Waals surface area (Å²) in [6, 6.07) is 5.30. The van der Waals surface area contributed by atoms with Crippen molar-refractivity contribution in [3.05, 3.63) is 32.0 Å². The van der Waals surface area contributed by atoms with Crippen LogP contribution in [0.15, 0.2) is 18.2 Å². The number of benzene rings is 1. The minimum absolute atomic E-state index is 0.423. The highest BCUT2D eigenvalue weighted by molar-refractivity contribution is 14.1. The van der Waals surface area contributed by atoms with Gasteiger partial charge in [0.15, 0.2) is 0 Å². The molecule has 66 valence electrons. The van der Waals surface area contributed by atoms with Crippen LogP contribution in [-0.4, -0.2) is 14.1 Å². The predicted octanol–water partition coefficient (Wildman–Crippen LogP) is 3.01. The molecule has 0 aromatic heterocycles. The maximum atomic E-state index is 11.5. The Morgan fingerprint density at radius 2 is 2.00 bits per heavy atom. The van der Waals surface area contributed by atoms with E-state index < -0.39 is 4.65 Å². The van der Waals surface area contributed by atoms with Crippen LogP contribution in [0, 0.1) is 8.78 Å². The summed E-state index contributed by atoms with van der Waals surface area (Å²) < 4.78 is 0.487. The Morgan fingerprint density at radius 3 is 2.42 bits per heavy atom. The summed E-state index contributed by atoms with van der Waals surface area (Å²) >= 11 is 7.92. The highest BCUT2D eigenvalue weighted by Crippen LogP contribution is 2.25. The lowest BCUT2D eigenvalue weighted by Crippen LogP contribution is -2.32. The molecule has 4 heteroatoms. The molecule has 1 aromatic carbocycles. The van der Waals surface area contributed by atoms with Crippen LogP contribution in [-0.2, 0) is 0 Å². The van der Waals surface area contributed by atoms with E-state index in [1.165, 1.54) is 0 Å². The topological polar surface area (TPSA) is 23.1 Å². The van der Waals surface area contributed by atoms with Gasteiger partial charge >= 0.3 is 0 Å². The molecular formula is C8H9ClINO. The zero-order valence-corrected chi connectivity index (χ0v) is 9.76. The average molecular weight is 298 g/mol. The van der Waals surface area contributed by atoms with Crippen molar-refractivity contribution in [3.63, 3.8) is 0 Å². The van der Waals surface area contributed by atoms with Crippen LogP contribution in [0.5, 0.6) is 0 Å². The van der Waals surface area contributed by atoms with E-state index in [1.807, 2.05) is 0 Å². The summed E-state index contributed by atoms with van der Waals surface area (Å²) in [6.07, 6.45) is 0. The second-order valence-electron chi connectivity index (χ2n) is 2.95. The monoisotopic (exact) mass is 297 g/mol. The normalized spacial score (nSPS) is 11.8. The molecule has 0 heterocycles. The molecule has 0 bridgehead atoms. The molecule has 0 saturated heterocycles. The van der Waals surface area contributed by atoms with E-state index in [2.05, 4.69) is 22.6 Å². The first-order valence-corrected chi connectivity index (χ1v) is 4.87. The first-order valence-electron chi connectivity index (χ1n) is 3.42. The number of nitrogens with zero attached hydrogens (tertiary/aromatic N) is 1. The van der Waals surface area contributed by atoms with Gasteiger partial charge in [0.05, 0.1) is 19.1 Å². The Kier molecular flexibility index (Phi) is 2.98. The van der Waals surface area contributed by atoms with Crippen LogP contribution in [0.2, 0.25) is 5.02 Å². The highest BCUT2D eigenvalue weighted by atomic mass is 127. The van der Waals surface area contributed by atoms with Gasteiger partial charge in [-0.15, -0.1) is 0 Å². The Balaban J connectivity index is 3.14. The smallest absolute Gasteiger partial charge is 0.133 e. The second kappa shape index (κ2) is 3.49. The van der Waals surface area contributed by atoms with Gasteiger partial charge in [-0.1, -0.05) is 11.6 Å². The zero-order chi connectivity index (χ0) is 9.35. The third kappa shape index (κ3) is 2.32. The van der Waals surface area contributed by atoms with Gasteiger partial charge in [0, 0.05) is 15.7 Å². The summed E-state index contributed by atoms with van der Waals surface area (Å²) in [5.41, 5.74) is 0.712. The lowest BCUT2D eigenvalue weighted by molar-refractivity contribution is 0.543. The standard InChI is InChI=1S/C8H9ClINO/c1-11(2,12)6-3-4-7(9)8(10)5-6/h3-5H,1-2H3. The van der Waals surface area contributed by atoms with Crippen molar-refractivity contribution in [2.45, 2.75) is 0 Å². The highest BCUT2D eigenvalue weighted by Gasteiger charge is 2.08. The maximum Gasteiger partial charge on any atom is 0.133 e. The third-order valence-corrected chi connectivity index (χ3v) is 3.07. The van der Waals surface area contributed by atoms with Crippen molar-refractivity contribution in [3.8, 4) is 0 Å². The molecule has 0 fully saturated rings. The number of rotatable bonds is 1. The minimum Gasteiger partial charge on any atom is -0.628 e. The van der Waals surface area contributed by atoms with Crippen molar-refractivity contribution in [2.75, 3.05) is 14.1 Å². The minimum atomic E-state index is -0.423. The summed E-state index contributed by atoms with van der Waals surface area (Å²) in [5, 5.41) is 12.1. The first kappa shape index (κ1) is 10.2. The molecule has 0 saturated carbocycles. The van der Waals surface area contributed by atoms with Gasteiger partial charge in [-0.2, -0.15) is 0 Å². The summed E-state index contributed by atoms with van der Waals surface area (Å²) in [6.45, 7) is 0. The average Bonchev–Trinajstić information content (AvgIpc) is 1.92. The molecule has 1 rings (SSSR count). The van der Waals surface area contributed by atoms with Crippen molar-refractivity contribution in [2.24, 2.45) is 0 Å². The lowest BCUT2D eigenvalue weighted by atomic mass is 10.3. The fourth-order valence-electron chi connectivity index (χ4n) is 0.820. The van der Waals surface area contributed by atoms with Crippen molar-refractivity contribution in [1.29, 1.82) is 0 Å². The molecule has 1 aromatic rings. The fourth-order valence-corrected chi connectivity index (χ4v) is 1.44. The number of quaternary nitrogens is 1. The van der Waals surface area contributed by atoms with E-state index in [9.17, 15) is 5.21 Å². The van der Waals surface area contributed by atoms with Crippen LogP contribution >= 0.6 is 34.2 Å². The molecule has 0 aliphatic carbocycles. The molecular weight excluding hydrogens is 288 g/mol. The fraction of sp³-hybridized carbons (Fsp3) is 0.250. The molecule has 0 unspecified atom stereocenters. The summed E-state index contributed by atoms with van der Waals surface area (Å²) in [5.74, 6) is 0. The third-order valence-electron chi connectivity index (χ3n) is 1.52. The van der Waals surface area contributed by atoms with Crippen LogP contribution in [0.25, 0.3) is 0 Å². The molecule has 12 heavy (non-hydrogen) atoms. The Bertz CT molecular complexity index is 296. The SMILES string of the molecule is C[N+](C)([O-])c1ccc(Cl)c(I)c1. The molecule has 0 spiro atoms. The van der Waals surface area contributed by atoms with Gasteiger partial charge in [0.1, 0.15) is 5.69 Å². The van der Waals surface area contributed by atoms with Crippen LogP contribution in [0.1, 0.15) is 0 Å². The number of hydrogen-bond acceptors (Lipinski definition) is 1. The van der Waals surface area contributed by atoms with Crippen LogP contribution < -0.4 is 4.65 Å². The molecule has 0 aliphatic heterocycles. The van der Waals surface area contributed by atoms with E-state index in [0.29, 0.717) is 10.7 Å². The molecule has 2 nitrogen and oxygen atoms in total. The lowest BCUT2D eigenvalue weighted by Gasteiger charge is -2.33. The van der Waals surface area contributed by atoms with E-state index >= 15 is 0 Å². The van der Waals surface area contributed by atoms with Crippen molar-refractivity contribution in [1.82, 2.24) is 4.65 Å². The van der Waals surface area contributed by atoms with E-state index in [0.717, 1.165) is 3.57 Å². The summed E-state index contributed by atoms with van der Waals surface area (Å²) in [7, 11) is 3.17. The maximum absolute atomic E-state index is 11.5. The molecule has 0 radical (unpaired) electrons. The second-order valence-corrected chi connectivity index (χ2v) is 4.52. The van der Waals surface area contributed by atoms with Crippen LogP contribution in [0.4, 0.5) is 5.69 Å². The number of halogens is 2. The Morgan fingerprint density at radius 1 is 1.42 bits per heavy atom. The van der Waals surface area contributed by atoms with Gasteiger partial charge in [-0.3, -0.25) is 0 Å². The largest absolute Gasteiger partial charge is 0.628 e. The van der Waals surface area contributed by atoms with Gasteiger partial charge in [0.25, 0.3) is 0 Å². The van der Waals surface area contributed by atoms with Gasteiger partial charge in [-0.25, -0.2) is 0 Å². The van der Waals surface area contributed by atoms with Gasteiger partial charge in [-0.05, 0) is 28.7 Å². The quantitative estimate of drug-likeness (QED) is 0.444. The van der Waals surface area contributed by atoms with Crippen molar-refractivity contribution >= 4 is 39.9 Å². The van der Waals surface area contributed by atoms with Gasteiger partial charge < -0.3 is 9.85 Å². The zero-order valence-electron chi connectivity index (χ0n) is 6.84. The Labute approximate surface area is 90.4 Å². The van der Waals surface area contributed by atoms with Crippen LogP contribution in [0.3, 0.4) is 0 Å². The predicted molar refractivity (Wildman–Crippen MR) is 61.2 cm³/mol.